The summed E-state index contributed by atoms with van der Waals surface area (Å²) in [6.07, 6.45) is 0.585. The van der Waals surface area contributed by atoms with Gasteiger partial charge in [0, 0.05) is 50.2 Å². The van der Waals surface area contributed by atoms with Crippen molar-refractivity contribution in [3.63, 3.8) is 0 Å². The lowest BCUT2D eigenvalue weighted by Gasteiger charge is -2.31. The molecule has 5 atom stereocenters. The van der Waals surface area contributed by atoms with Crippen molar-refractivity contribution >= 4 is 58.9 Å². The number of carbonyl (C=O) groups excluding carboxylic acids is 6. The minimum Gasteiger partial charge on any atom is -0.493 e. The summed E-state index contributed by atoms with van der Waals surface area (Å²) in [5, 5.41) is 20.1. The van der Waals surface area contributed by atoms with Crippen LogP contribution < -0.4 is 39.8 Å². The molecule has 20 heteroatoms. The van der Waals surface area contributed by atoms with E-state index in [4.69, 9.17) is 28.4 Å². The molecule has 7 rings (SSSR count). The summed E-state index contributed by atoms with van der Waals surface area (Å²) in [5.41, 5.74) is 2.88. The molecule has 0 aliphatic carbocycles. The highest BCUT2D eigenvalue weighted by Gasteiger charge is 2.46. The van der Waals surface area contributed by atoms with Crippen LogP contribution in [-0.2, 0) is 30.5 Å². The van der Waals surface area contributed by atoms with Crippen LogP contribution in [0.4, 0.5) is 21.9 Å². The summed E-state index contributed by atoms with van der Waals surface area (Å²) in [7, 11) is 2.91. The molecule has 396 valence electrons. The van der Waals surface area contributed by atoms with Gasteiger partial charge < -0.3 is 59.3 Å². The number of anilines is 2. The zero-order valence-electron chi connectivity index (χ0n) is 43.3. The minimum atomic E-state index is -1.53. The molecule has 2 fully saturated rings. The van der Waals surface area contributed by atoms with Crippen LogP contribution in [0.25, 0.3) is 0 Å². The lowest BCUT2D eigenvalue weighted by molar-refractivity contribution is -0.134. The highest BCUT2D eigenvalue weighted by molar-refractivity contribution is 6.06. The molecule has 0 bridgehead atoms. The number of fused-ring (bicyclic) bond motifs is 4. The maximum atomic E-state index is 14.2. The van der Waals surface area contributed by atoms with Crippen LogP contribution in [0.5, 0.6) is 23.0 Å². The molecule has 4 heterocycles. The molecule has 0 saturated carbocycles. The molecule has 3 aromatic rings. The van der Waals surface area contributed by atoms with Gasteiger partial charge in [0.2, 0.25) is 17.7 Å². The van der Waals surface area contributed by atoms with E-state index in [-0.39, 0.29) is 85.7 Å². The molecule has 0 aromatic heterocycles. The third kappa shape index (κ3) is 12.3. The Balaban J connectivity index is 0.984. The summed E-state index contributed by atoms with van der Waals surface area (Å²) in [4.78, 5) is 89.8. The fourth-order valence-electron chi connectivity index (χ4n) is 9.32. The van der Waals surface area contributed by atoms with Gasteiger partial charge in [0.15, 0.2) is 29.2 Å². The predicted molar refractivity (Wildman–Crippen MR) is 275 cm³/mol. The second-order valence-corrected chi connectivity index (χ2v) is 19.7. The molecule has 4 N–H and O–H groups in total. The fourth-order valence-corrected chi connectivity index (χ4v) is 9.32. The number of carbonyl (C=O) groups is 6. The standard InChI is InChI=1S/C54H67N7O13/c1-11-74-54(7,8)25-46(62)58-47(30(2)3)49(64)56-33(6)48(63)57-35-15-13-34(14-16-35)29-73-53(68)61-40-24-45(43(70-10)22-38(40)51(66)60-28-32(5)20-41(60)52(61)67)72-18-12-17-71-44-23-39-37(21-42(44)69-9)50(65)59-27-31(4)19-36(59)26-55-39/h13-16,21-24,26,30,33,36,41,47,52,67H,4-5,11-12,17-20,25,27-29H2,1-3,6-10H3,(H,56,64)(H,57,63)(H,58,62)/t33-,36-,41-,47-,52-/m0/s1. The van der Waals surface area contributed by atoms with E-state index in [0.717, 1.165) is 10.5 Å². The van der Waals surface area contributed by atoms with Gasteiger partial charge in [-0.3, -0.25) is 29.0 Å². The summed E-state index contributed by atoms with van der Waals surface area (Å²) in [6.45, 7) is 19.7. The number of aliphatic imine (C=N–C) groups is 1. The Morgan fingerprint density at radius 3 is 2.09 bits per heavy atom. The van der Waals surface area contributed by atoms with Crippen LogP contribution in [-0.4, -0.2) is 140 Å². The van der Waals surface area contributed by atoms with Gasteiger partial charge >= 0.3 is 6.09 Å². The van der Waals surface area contributed by atoms with E-state index in [1.165, 1.54) is 38.2 Å². The van der Waals surface area contributed by atoms with Gasteiger partial charge in [0.25, 0.3) is 11.8 Å². The third-order valence-corrected chi connectivity index (χ3v) is 13.1. The number of benzene rings is 3. The smallest absolute Gasteiger partial charge is 0.416 e. The molecule has 4 aliphatic rings. The Morgan fingerprint density at radius 2 is 1.45 bits per heavy atom. The van der Waals surface area contributed by atoms with Gasteiger partial charge in [-0.1, -0.05) is 50.3 Å². The van der Waals surface area contributed by atoms with Crippen molar-refractivity contribution in [1.82, 2.24) is 20.4 Å². The van der Waals surface area contributed by atoms with Crippen LogP contribution in [0.3, 0.4) is 0 Å². The van der Waals surface area contributed by atoms with Gasteiger partial charge in [0.05, 0.1) is 74.0 Å². The lowest BCUT2D eigenvalue weighted by Crippen LogP contribution is -2.54. The molecule has 0 spiro atoms. The quantitative estimate of drug-likeness (QED) is 0.0744. The first-order valence-corrected chi connectivity index (χ1v) is 24.7. The minimum absolute atomic E-state index is 0.0426. The summed E-state index contributed by atoms with van der Waals surface area (Å²) >= 11 is 0. The van der Waals surface area contributed by atoms with E-state index in [2.05, 4.69) is 34.1 Å². The van der Waals surface area contributed by atoms with Gasteiger partial charge in [-0.25, -0.2) is 9.69 Å². The SMILES string of the molecule is C=C1C[C@H]2C=Nc3cc(OCCCOc4cc5c(cc4OC)C(=O)N4CC(=C)C[C@H]4[C@H](O)N5C(=O)OCc4ccc(NC(=O)[C@H](C)NC(=O)[C@@H](NC(=O)CC(C)(C)OCC)C(C)C)cc4)c(OC)cc3C(=O)N2C1. The number of aliphatic hydroxyl groups is 1. The summed E-state index contributed by atoms with van der Waals surface area (Å²) < 4.78 is 35.0. The third-order valence-electron chi connectivity index (χ3n) is 13.1. The number of nitrogens with zero attached hydrogens (tertiary/aromatic N) is 4. The van der Waals surface area contributed by atoms with E-state index >= 15 is 0 Å². The summed E-state index contributed by atoms with van der Waals surface area (Å²) in [5.74, 6) is -1.09. The highest BCUT2D eigenvalue weighted by atomic mass is 16.6. The number of hydrogen-bond acceptors (Lipinski definition) is 14. The van der Waals surface area contributed by atoms with E-state index in [9.17, 15) is 33.9 Å². The van der Waals surface area contributed by atoms with E-state index in [1.807, 2.05) is 6.92 Å². The number of ether oxygens (including phenoxy) is 6. The molecular formula is C54H67N7O13. The molecule has 0 radical (unpaired) electrons. The molecule has 0 unspecified atom stereocenters. The van der Waals surface area contributed by atoms with E-state index < -0.39 is 53.8 Å². The topological polar surface area (TPSA) is 236 Å². The van der Waals surface area contributed by atoms with E-state index in [1.54, 1.807) is 75.2 Å². The zero-order chi connectivity index (χ0) is 53.6. The Labute approximate surface area is 431 Å². The molecule has 3 aromatic carbocycles. The van der Waals surface area contributed by atoms with E-state index in [0.29, 0.717) is 65.6 Å². The second kappa shape index (κ2) is 23.2. The van der Waals surface area contributed by atoms with Crippen LogP contribution in [0.2, 0.25) is 0 Å². The van der Waals surface area contributed by atoms with Crippen molar-refractivity contribution in [3.8, 4) is 23.0 Å². The van der Waals surface area contributed by atoms with Crippen molar-refractivity contribution in [2.75, 3.05) is 57.3 Å². The van der Waals surface area contributed by atoms with Gasteiger partial charge in [-0.05, 0) is 76.3 Å². The van der Waals surface area contributed by atoms with Crippen molar-refractivity contribution in [1.29, 1.82) is 0 Å². The number of nitrogens with one attached hydrogen (secondary N) is 3. The number of methoxy groups -OCH3 is 2. The molecule has 6 amide bonds. The zero-order valence-corrected chi connectivity index (χ0v) is 43.3. The molecule has 74 heavy (non-hydrogen) atoms. The first kappa shape index (κ1) is 54.3. The molecule has 4 aliphatic heterocycles. The molecular weight excluding hydrogens is 955 g/mol. The molecule has 20 nitrogen and oxygen atoms in total. The largest absolute Gasteiger partial charge is 0.493 e. The van der Waals surface area contributed by atoms with Crippen LogP contribution in [0.1, 0.15) is 93.5 Å². The maximum Gasteiger partial charge on any atom is 0.416 e. The average molecular weight is 1020 g/mol. The highest BCUT2D eigenvalue weighted by Crippen LogP contribution is 2.43. The number of aliphatic hydroxyl groups excluding tert-OH is 1. The van der Waals surface area contributed by atoms with Gasteiger partial charge in [-0.2, -0.15) is 0 Å². The maximum absolute atomic E-state index is 14.2. The van der Waals surface area contributed by atoms with Crippen LogP contribution in [0, 0.1) is 5.92 Å². The first-order valence-electron chi connectivity index (χ1n) is 24.7. The molecule has 2 saturated heterocycles. The average Bonchev–Trinajstić information content (AvgIpc) is 3.90. The number of hydrogen-bond donors (Lipinski definition) is 4. The van der Waals surface area contributed by atoms with Gasteiger partial charge in [0.1, 0.15) is 18.7 Å². The monoisotopic (exact) mass is 1020 g/mol. The Bertz CT molecular complexity index is 2700. The first-order chi connectivity index (χ1) is 35.2. The number of amides is 6. The normalized spacial score (nSPS) is 18.8. The van der Waals surface area contributed by atoms with Crippen molar-refractivity contribution in [2.45, 2.75) is 110 Å². The van der Waals surface area contributed by atoms with Crippen molar-refractivity contribution in [2.24, 2.45) is 10.9 Å². The summed E-state index contributed by atoms with van der Waals surface area (Å²) in [6, 6.07) is 9.88. The lowest BCUT2D eigenvalue weighted by atomic mass is 10.0. The van der Waals surface area contributed by atoms with Crippen molar-refractivity contribution in [3.05, 3.63) is 89.5 Å². The second-order valence-electron chi connectivity index (χ2n) is 19.7. The Kier molecular flexibility index (Phi) is 17.0. The van der Waals surface area contributed by atoms with Crippen LogP contribution in [0.15, 0.2) is 77.8 Å². The van der Waals surface area contributed by atoms with Crippen LogP contribution >= 0.6 is 0 Å². The Hall–Kier alpha value is -7.45. The Morgan fingerprint density at radius 1 is 0.824 bits per heavy atom. The predicted octanol–water partition coefficient (Wildman–Crippen LogP) is 6.07. The fraction of sp³-hybridized carbons (Fsp3) is 0.463. The number of rotatable bonds is 20. The van der Waals surface area contributed by atoms with Crippen molar-refractivity contribution < 1.29 is 62.3 Å². The van der Waals surface area contributed by atoms with Gasteiger partial charge in [-0.15, -0.1) is 0 Å².